The molecule has 29 heavy (non-hydrogen) atoms. The Labute approximate surface area is 188 Å². The van der Waals surface area contributed by atoms with Crippen LogP contribution in [0.5, 0.6) is 0 Å². The summed E-state index contributed by atoms with van der Waals surface area (Å²) >= 11 is 7.05. The summed E-state index contributed by atoms with van der Waals surface area (Å²) in [4.78, 5) is 2.23. The molecule has 0 aliphatic rings. The molecule has 0 aliphatic heterocycles. The fraction of sp³-hybridized carbons (Fsp3) is 0. The summed E-state index contributed by atoms with van der Waals surface area (Å²) in [5, 5.41) is 0. The number of hydrogen-bond donors (Lipinski definition) is 0. The van der Waals surface area contributed by atoms with E-state index in [9.17, 15) is 0 Å². The first kappa shape index (κ1) is 19.5. The molecule has 3 heteroatoms. The molecule has 0 amide bonds. The van der Waals surface area contributed by atoms with Gasteiger partial charge in [0.25, 0.3) is 0 Å². The molecule has 0 unspecified atom stereocenters. The van der Waals surface area contributed by atoms with Gasteiger partial charge in [-0.25, -0.2) is 0 Å². The van der Waals surface area contributed by atoms with Gasteiger partial charge in [-0.2, -0.15) is 0 Å². The topological polar surface area (TPSA) is 3.24 Å². The Morgan fingerprint density at radius 2 is 0.828 bits per heavy atom. The average Bonchev–Trinajstić information content (AvgIpc) is 2.77. The quantitative estimate of drug-likeness (QED) is 0.256. The molecule has 0 atom stereocenters. The van der Waals surface area contributed by atoms with Crippen LogP contribution < -0.4 is 4.90 Å². The molecule has 0 fully saturated rings. The molecular weight excluding hydrogens is 486 g/mol. The zero-order chi connectivity index (χ0) is 20.1. The van der Waals surface area contributed by atoms with E-state index in [1.54, 1.807) is 0 Å². The molecule has 1 nitrogen and oxygen atoms in total. The van der Waals surface area contributed by atoms with E-state index in [-0.39, 0.29) is 0 Å². The highest BCUT2D eigenvalue weighted by atomic mass is 79.9. The first-order valence-corrected chi connectivity index (χ1v) is 10.8. The lowest BCUT2D eigenvalue weighted by molar-refractivity contribution is 1.28. The Balaban J connectivity index is 1.68. The van der Waals surface area contributed by atoms with Crippen molar-refractivity contribution in [3.63, 3.8) is 0 Å². The number of benzene rings is 4. The van der Waals surface area contributed by atoms with Crippen molar-refractivity contribution in [3.05, 3.63) is 123 Å². The van der Waals surface area contributed by atoms with Crippen LogP contribution in [0.2, 0.25) is 0 Å². The summed E-state index contributed by atoms with van der Waals surface area (Å²) in [6.45, 7) is 0. The SMILES string of the molecule is Brc1ccc(N(c2ccc(Br)cc2)c2ccc(C#Cc3ccccc3)cc2)cc1. The van der Waals surface area contributed by atoms with Crippen molar-refractivity contribution in [2.45, 2.75) is 0 Å². The van der Waals surface area contributed by atoms with Crippen LogP contribution in [0.25, 0.3) is 0 Å². The van der Waals surface area contributed by atoms with Crippen LogP contribution in [0, 0.1) is 11.8 Å². The molecule has 0 bridgehead atoms. The maximum absolute atomic E-state index is 3.52. The van der Waals surface area contributed by atoms with Gasteiger partial charge >= 0.3 is 0 Å². The van der Waals surface area contributed by atoms with Gasteiger partial charge in [-0.05, 0) is 84.9 Å². The molecule has 0 spiro atoms. The van der Waals surface area contributed by atoms with Crippen LogP contribution in [0.3, 0.4) is 0 Å². The van der Waals surface area contributed by atoms with Gasteiger partial charge in [-0.15, -0.1) is 0 Å². The minimum atomic E-state index is 0.990. The van der Waals surface area contributed by atoms with E-state index in [2.05, 4.69) is 121 Å². The highest BCUT2D eigenvalue weighted by Crippen LogP contribution is 2.35. The summed E-state index contributed by atoms with van der Waals surface area (Å²) in [5.41, 5.74) is 5.28. The molecular formula is C26H17Br2N. The van der Waals surface area contributed by atoms with E-state index < -0.39 is 0 Å². The maximum Gasteiger partial charge on any atom is 0.0462 e. The molecule has 0 aromatic heterocycles. The second kappa shape index (κ2) is 9.13. The molecule has 0 N–H and O–H groups in total. The van der Waals surface area contributed by atoms with Crippen molar-refractivity contribution in [2.24, 2.45) is 0 Å². The predicted molar refractivity (Wildman–Crippen MR) is 129 cm³/mol. The zero-order valence-electron chi connectivity index (χ0n) is 15.5. The Morgan fingerprint density at radius 3 is 1.28 bits per heavy atom. The molecule has 4 aromatic rings. The largest absolute Gasteiger partial charge is 0.311 e. The third-order valence-corrected chi connectivity index (χ3v) is 5.48. The molecule has 4 aromatic carbocycles. The number of anilines is 3. The summed E-state index contributed by atoms with van der Waals surface area (Å²) in [6.07, 6.45) is 0. The Kier molecular flexibility index (Phi) is 6.14. The van der Waals surface area contributed by atoms with E-state index in [0.717, 1.165) is 37.1 Å². The Hall–Kier alpha value is -2.80. The van der Waals surface area contributed by atoms with Gasteiger partial charge in [0.15, 0.2) is 0 Å². The molecule has 0 radical (unpaired) electrons. The molecule has 140 valence electrons. The minimum absolute atomic E-state index is 0.990. The van der Waals surface area contributed by atoms with Crippen LogP contribution in [-0.2, 0) is 0 Å². The van der Waals surface area contributed by atoms with Crippen molar-refractivity contribution in [3.8, 4) is 11.8 Å². The van der Waals surface area contributed by atoms with Crippen molar-refractivity contribution in [2.75, 3.05) is 4.90 Å². The van der Waals surface area contributed by atoms with Crippen LogP contribution in [0.1, 0.15) is 11.1 Å². The number of halogens is 2. The summed E-state index contributed by atoms with van der Waals surface area (Å²) in [5.74, 6) is 6.45. The monoisotopic (exact) mass is 501 g/mol. The highest BCUT2D eigenvalue weighted by Gasteiger charge is 2.12. The highest BCUT2D eigenvalue weighted by molar-refractivity contribution is 9.10. The fourth-order valence-corrected chi connectivity index (χ4v) is 3.52. The van der Waals surface area contributed by atoms with Gasteiger partial charge in [0.1, 0.15) is 0 Å². The maximum atomic E-state index is 3.52. The Morgan fingerprint density at radius 1 is 0.448 bits per heavy atom. The molecule has 0 heterocycles. The number of rotatable bonds is 3. The third kappa shape index (κ3) is 4.98. The number of hydrogen-bond acceptors (Lipinski definition) is 1. The van der Waals surface area contributed by atoms with Gasteiger partial charge in [-0.3, -0.25) is 0 Å². The summed E-state index contributed by atoms with van der Waals surface area (Å²) < 4.78 is 2.12. The lowest BCUT2D eigenvalue weighted by Crippen LogP contribution is -2.09. The molecule has 0 saturated carbocycles. The first-order valence-electron chi connectivity index (χ1n) is 9.17. The van der Waals surface area contributed by atoms with Crippen LogP contribution in [0.15, 0.2) is 112 Å². The minimum Gasteiger partial charge on any atom is -0.311 e. The fourth-order valence-electron chi connectivity index (χ4n) is 2.99. The molecule has 4 rings (SSSR count). The van der Waals surface area contributed by atoms with Crippen molar-refractivity contribution in [1.29, 1.82) is 0 Å². The van der Waals surface area contributed by atoms with Crippen molar-refractivity contribution >= 4 is 48.9 Å². The van der Waals surface area contributed by atoms with Crippen LogP contribution >= 0.6 is 31.9 Å². The van der Waals surface area contributed by atoms with E-state index in [1.807, 2.05) is 30.3 Å². The molecule has 0 saturated heterocycles. The summed E-state index contributed by atoms with van der Waals surface area (Å²) in [6, 6.07) is 35.0. The second-order valence-electron chi connectivity index (χ2n) is 6.45. The zero-order valence-corrected chi connectivity index (χ0v) is 18.7. The van der Waals surface area contributed by atoms with Crippen LogP contribution in [0.4, 0.5) is 17.1 Å². The number of nitrogens with zero attached hydrogens (tertiary/aromatic N) is 1. The van der Waals surface area contributed by atoms with Crippen molar-refractivity contribution in [1.82, 2.24) is 0 Å². The lowest BCUT2D eigenvalue weighted by atomic mass is 10.1. The van der Waals surface area contributed by atoms with Gasteiger partial charge in [0.05, 0.1) is 0 Å². The van der Waals surface area contributed by atoms with E-state index in [1.165, 1.54) is 0 Å². The van der Waals surface area contributed by atoms with Gasteiger partial charge in [0, 0.05) is 37.1 Å². The summed E-state index contributed by atoms with van der Waals surface area (Å²) in [7, 11) is 0. The predicted octanol–water partition coefficient (Wildman–Crippen LogP) is 8.08. The lowest BCUT2D eigenvalue weighted by Gasteiger charge is -2.25. The van der Waals surface area contributed by atoms with Gasteiger partial charge in [-0.1, -0.05) is 61.9 Å². The second-order valence-corrected chi connectivity index (χ2v) is 8.28. The standard InChI is InChI=1S/C26H17Br2N/c27-22-10-16-25(17-11-22)29(26-18-12-23(28)13-19-26)24-14-8-21(9-15-24)7-6-20-4-2-1-3-5-20/h1-5,8-19H. The Bertz CT molecular complexity index is 1090. The van der Waals surface area contributed by atoms with E-state index in [4.69, 9.17) is 0 Å². The first-order chi connectivity index (χ1) is 14.2. The van der Waals surface area contributed by atoms with Gasteiger partial charge < -0.3 is 4.90 Å². The van der Waals surface area contributed by atoms with E-state index >= 15 is 0 Å². The van der Waals surface area contributed by atoms with E-state index in [0.29, 0.717) is 0 Å². The average molecular weight is 503 g/mol. The third-order valence-electron chi connectivity index (χ3n) is 4.42. The van der Waals surface area contributed by atoms with Gasteiger partial charge in [0.2, 0.25) is 0 Å². The normalized spacial score (nSPS) is 10.1. The molecule has 0 aliphatic carbocycles. The van der Waals surface area contributed by atoms with Crippen molar-refractivity contribution < 1.29 is 0 Å². The smallest absolute Gasteiger partial charge is 0.0462 e. The van der Waals surface area contributed by atoms with Crippen LogP contribution in [-0.4, -0.2) is 0 Å².